The Balaban J connectivity index is 1.38. The Morgan fingerprint density at radius 1 is 0.929 bits per heavy atom. The van der Waals surface area contributed by atoms with Gasteiger partial charge < -0.3 is 4.90 Å². The van der Waals surface area contributed by atoms with Crippen LogP contribution in [0, 0.1) is 13.8 Å². The second-order valence-electron chi connectivity index (χ2n) is 7.62. The molecule has 2 aromatic carbocycles. The summed E-state index contributed by atoms with van der Waals surface area (Å²) in [6, 6.07) is 16.1. The summed E-state index contributed by atoms with van der Waals surface area (Å²) < 4.78 is 27.8. The predicted octanol–water partition coefficient (Wildman–Crippen LogP) is 2.79. The summed E-state index contributed by atoms with van der Waals surface area (Å²) in [6.07, 6.45) is 0.822. The van der Waals surface area contributed by atoms with E-state index < -0.39 is 10.0 Å². The maximum Gasteiger partial charge on any atom is 0.240 e. The van der Waals surface area contributed by atoms with Crippen LogP contribution in [0.15, 0.2) is 53.4 Å². The van der Waals surface area contributed by atoms with Crippen molar-refractivity contribution in [2.45, 2.75) is 31.7 Å². The normalized spacial score (nSPS) is 16.4. The molecule has 3 rings (SSSR count). The Hall–Kier alpha value is -1.73. The van der Waals surface area contributed by atoms with Crippen molar-refractivity contribution >= 4 is 10.0 Å². The molecule has 0 bridgehead atoms. The molecule has 5 nitrogen and oxygen atoms in total. The van der Waals surface area contributed by atoms with Crippen molar-refractivity contribution in [1.82, 2.24) is 14.5 Å². The van der Waals surface area contributed by atoms with Crippen molar-refractivity contribution in [3.05, 3.63) is 65.2 Å². The first kappa shape index (κ1) is 21.0. The van der Waals surface area contributed by atoms with Gasteiger partial charge in [0.25, 0.3) is 0 Å². The fourth-order valence-corrected chi connectivity index (χ4v) is 5.00. The molecule has 1 saturated heterocycles. The molecule has 0 saturated carbocycles. The Labute approximate surface area is 169 Å². The van der Waals surface area contributed by atoms with Gasteiger partial charge in [-0.05, 0) is 49.6 Å². The second kappa shape index (κ2) is 9.65. The third-order valence-corrected chi connectivity index (χ3v) is 6.89. The van der Waals surface area contributed by atoms with Crippen LogP contribution in [-0.4, -0.2) is 57.5 Å². The zero-order chi connectivity index (χ0) is 20.0. The highest BCUT2D eigenvalue weighted by atomic mass is 32.2. The van der Waals surface area contributed by atoms with E-state index in [0.717, 1.165) is 56.8 Å². The number of hydrogen-bond donors (Lipinski definition) is 1. The third kappa shape index (κ3) is 5.88. The molecule has 0 spiro atoms. The number of nitrogens with one attached hydrogen (secondary N) is 1. The van der Waals surface area contributed by atoms with Gasteiger partial charge in [-0.3, -0.25) is 4.90 Å². The number of nitrogens with zero attached hydrogens (tertiary/aromatic N) is 2. The van der Waals surface area contributed by atoms with E-state index in [-0.39, 0.29) is 0 Å². The van der Waals surface area contributed by atoms with Crippen molar-refractivity contribution in [2.75, 3.05) is 39.3 Å². The minimum absolute atomic E-state index is 0.391. The van der Waals surface area contributed by atoms with Gasteiger partial charge >= 0.3 is 0 Å². The standard InChI is InChI=1S/C22H31N3O2S/c1-19-9-10-20(2)22(17-19)28(26,27)23-11-6-12-24-13-15-25(16-14-24)18-21-7-4-3-5-8-21/h3-5,7-10,17,23H,6,11-16,18H2,1-2H3. The monoisotopic (exact) mass is 401 g/mol. The summed E-state index contributed by atoms with van der Waals surface area (Å²) in [5, 5.41) is 0. The van der Waals surface area contributed by atoms with Gasteiger partial charge in [-0.1, -0.05) is 42.5 Å². The molecule has 1 aliphatic heterocycles. The van der Waals surface area contributed by atoms with Crippen molar-refractivity contribution < 1.29 is 8.42 Å². The SMILES string of the molecule is Cc1ccc(C)c(S(=O)(=O)NCCCN2CCN(Cc3ccccc3)CC2)c1. The maximum atomic E-state index is 12.5. The number of aryl methyl sites for hydroxylation is 2. The highest BCUT2D eigenvalue weighted by molar-refractivity contribution is 7.89. The van der Waals surface area contributed by atoms with E-state index in [1.165, 1.54) is 5.56 Å². The lowest BCUT2D eigenvalue weighted by Crippen LogP contribution is -2.46. The van der Waals surface area contributed by atoms with E-state index in [0.29, 0.717) is 11.4 Å². The summed E-state index contributed by atoms with van der Waals surface area (Å²) in [7, 11) is -3.44. The minimum atomic E-state index is -3.44. The molecule has 1 N–H and O–H groups in total. The van der Waals surface area contributed by atoms with Crippen LogP contribution in [0.5, 0.6) is 0 Å². The van der Waals surface area contributed by atoms with E-state index in [9.17, 15) is 8.42 Å². The molecule has 28 heavy (non-hydrogen) atoms. The molecular formula is C22H31N3O2S. The van der Waals surface area contributed by atoms with E-state index >= 15 is 0 Å². The lowest BCUT2D eigenvalue weighted by atomic mass is 10.2. The van der Waals surface area contributed by atoms with E-state index in [4.69, 9.17) is 0 Å². The van der Waals surface area contributed by atoms with E-state index in [2.05, 4.69) is 44.9 Å². The molecule has 1 aliphatic rings. The molecule has 6 heteroatoms. The summed E-state index contributed by atoms with van der Waals surface area (Å²) in [5.74, 6) is 0. The highest BCUT2D eigenvalue weighted by Gasteiger charge is 2.18. The lowest BCUT2D eigenvalue weighted by Gasteiger charge is -2.34. The van der Waals surface area contributed by atoms with Crippen molar-refractivity contribution in [1.29, 1.82) is 0 Å². The summed E-state index contributed by atoms with van der Waals surface area (Å²) in [4.78, 5) is 5.30. The third-order valence-electron chi connectivity index (χ3n) is 5.29. The van der Waals surface area contributed by atoms with Gasteiger partial charge in [0.15, 0.2) is 0 Å². The molecule has 1 fully saturated rings. The summed E-state index contributed by atoms with van der Waals surface area (Å²) in [6.45, 7) is 10.3. The zero-order valence-corrected chi connectivity index (χ0v) is 17.7. The Morgan fingerprint density at radius 3 is 2.32 bits per heavy atom. The molecule has 0 aliphatic carbocycles. The summed E-state index contributed by atoms with van der Waals surface area (Å²) in [5.41, 5.74) is 3.10. The smallest absolute Gasteiger partial charge is 0.240 e. The first-order chi connectivity index (χ1) is 13.4. The van der Waals surface area contributed by atoms with Gasteiger partial charge in [-0.15, -0.1) is 0 Å². The largest absolute Gasteiger partial charge is 0.301 e. The topological polar surface area (TPSA) is 52.7 Å². The fourth-order valence-electron chi connectivity index (χ4n) is 3.60. The van der Waals surface area contributed by atoms with Gasteiger partial charge in [0.05, 0.1) is 4.90 Å². The fraction of sp³-hybridized carbons (Fsp3) is 0.455. The van der Waals surface area contributed by atoms with Crippen LogP contribution < -0.4 is 4.72 Å². The molecule has 0 amide bonds. The van der Waals surface area contributed by atoms with Gasteiger partial charge in [-0.2, -0.15) is 0 Å². The van der Waals surface area contributed by atoms with Crippen LogP contribution in [0.3, 0.4) is 0 Å². The molecule has 2 aromatic rings. The first-order valence-corrected chi connectivity index (χ1v) is 11.5. The van der Waals surface area contributed by atoms with Crippen LogP contribution in [0.4, 0.5) is 0 Å². The average Bonchev–Trinajstić information content (AvgIpc) is 2.69. The van der Waals surface area contributed by atoms with Crippen LogP contribution in [0.2, 0.25) is 0 Å². The van der Waals surface area contributed by atoms with Crippen LogP contribution in [-0.2, 0) is 16.6 Å². The van der Waals surface area contributed by atoms with Crippen molar-refractivity contribution in [2.24, 2.45) is 0 Å². The van der Waals surface area contributed by atoms with Crippen LogP contribution in [0.25, 0.3) is 0 Å². The molecular weight excluding hydrogens is 370 g/mol. The number of rotatable bonds is 8. The first-order valence-electron chi connectivity index (χ1n) is 9.99. The number of piperazine rings is 1. The molecule has 0 atom stereocenters. The zero-order valence-electron chi connectivity index (χ0n) is 16.9. The molecule has 0 unspecified atom stereocenters. The Morgan fingerprint density at radius 2 is 1.61 bits per heavy atom. The predicted molar refractivity (Wildman–Crippen MR) is 114 cm³/mol. The van der Waals surface area contributed by atoms with Crippen molar-refractivity contribution in [3.63, 3.8) is 0 Å². The maximum absolute atomic E-state index is 12.5. The van der Waals surface area contributed by atoms with Gasteiger partial charge in [0.1, 0.15) is 0 Å². The quantitative estimate of drug-likeness (QED) is 0.691. The number of benzene rings is 2. The summed E-state index contributed by atoms with van der Waals surface area (Å²) >= 11 is 0. The van der Waals surface area contributed by atoms with Gasteiger partial charge in [-0.25, -0.2) is 13.1 Å². The average molecular weight is 402 g/mol. The van der Waals surface area contributed by atoms with Gasteiger partial charge in [0, 0.05) is 39.3 Å². The van der Waals surface area contributed by atoms with Crippen LogP contribution in [0.1, 0.15) is 23.1 Å². The highest BCUT2D eigenvalue weighted by Crippen LogP contribution is 2.16. The minimum Gasteiger partial charge on any atom is -0.301 e. The van der Waals surface area contributed by atoms with E-state index in [1.54, 1.807) is 6.07 Å². The van der Waals surface area contributed by atoms with Crippen molar-refractivity contribution in [3.8, 4) is 0 Å². The van der Waals surface area contributed by atoms with E-state index in [1.807, 2.05) is 26.0 Å². The molecule has 0 aromatic heterocycles. The second-order valence-corrected chi connectivity index (χ2v) is 9.36. The molecule has 152 valence electrons. The number of sulfonamides is 1. The number of hydrogen-bond acceptors (Lipinski definition) is 4. The molecule has 1 heterocycles. The van der Waals surface area contributed by atoms with Crippen LogP contribution >= 0.6 is 0 Å². The molecule has 0 radical (unpaired) electrons. The Kier molecular flexibility index (Phi) is 7.24. The Bertz CT molecular complexity index is 861. The van der Waals surface area contributed by atoms with Gasteiger partial charge in [0.2, 0.25) is 10.0 Å². The lowest BCUT2D eigenvalue weighted by molar-refractivity contribution is 0.126.